The van der Waals surface area contributed by atoms with E-state index in [4.69, 9.17) is 16.3 Å². The number of rotatable bonds is 7. The molecule has 0 bridgehead atoms. The molecule has 1 atom stereocenters. The van der Waals surface area contributed by atoms with Crippen molar-refractivity contribution in [2.24, 2.45) is 0 Å². The molecule has 0 radical (unpaired) electrons. The summed E-state index contributed by atoms with van der Waals surface area (Å²) in [7, 11) is 1.74. The van der Waals surface area contributed by atoms with Gasteiger partial charge in [-0.25, -0.2) is 13.6 Å². The van der Waals surface area contributed by atoms with E-state index in [1.165, 1.54) is 24.3 Å². The number of likely N-dealkylation sites (tertiary alicyclic amines) is 1. The van der Waals surface area contributed by atoms with Gasteiger partial charge in [-0.2, -0.15) is 0 Å². The lowest BCUT2D eigenvalue weighted by atomic mass is 9.82. The maximum atomic E-state index is 14.1. The van der Waals surface area contributed by atoms with Gasteiger partial charge in [-0.05, 0) is 60.5 Å². The molecular weight excluding hydrogens is 524 g/mol. The van der Waals surface area contributed by atoms with E-state index in [1.54, 1.807) is 36.2 Å². The molecule has 1 unspecified atom stereocenters. The molecule has 2 aliphatic rings. The number of fused-ring (bicyclic) bond motifs is 2. The first-order chi connectivity index (χ1) is 18.7. The second kappa shape index (κ2) is 11.3. The number of benzene rings is 3. The van der Waals surface area contributed by atoms with Crippen molar-refractivity contribution in [2.75, 3.05) is 32.0 Å². The number of ether oxygens (including phenoxy) is 1. The van der Waals surface area contributed by atoms with Crippen molar-refractivity contribution in [3.8, 4) is 0 Å². The van der Waals surface area contributed by atoms with Gasteiger partial charge in [0.2, 0.25) is 5.91 Å². The van der Waals surface area contributed by atoms with Crippen LogP contribution in [0, 0.1) is 11.6 Å². The van der Waals surface area contributed by atoms with E-state index in [1.807, 2.05) is 18.2 Å². The number of hydrogen-bond donors (Lipinski definition) is 1. The number of nitrogens with zero attached hydrogens (tertiary/aromatic N) is 2. The van der Waals surface area contributed by atoms with E-state index in [0.717, 1.165) is 11.1 Å². The number of anilines is 1. The second-order valence-electron chi connectivity index (χ2n) is 10.2. The molecule has 2 heterocycles. The van der Waals surface area contributed by atoms with Gasteiger partial charge in [0, 0.05) is 50.1 Å². The number of nitrogens with one attached hydrogen (secondary N) is 1. The predicted molar refractivity (Wildman–Crippen MR) is 146 cm³/mol. The van der Waals surface area contributed by atoms with Crippen LogP contribution in [0.2, 0.25) is 5.02 Å². The highest BCUT2D eigenvalue weighted by Crippen LogP contribution is 2.44. The van der Waals surface area contributed by atoms with Crippen LogP contribution in [-0.4, -0.2) is 48.5 Å². The first-order valence-corrected chi connectivity index (χ1v) is 13.4. The zero-order valence-electron chi connectivity index (χ0n) is 21.6. The Morgan fingerprint density at radius 2 is 1.77 bits per heavy atom. The number of carbonyl (C=O) groups excluding carboxylic acids is 2. The van der Waals surface area contributed by atoms with Crippen LogP contribution in [0.3, 0.4) is 0 Å². The van der Waals surface area contributed by atoms with Crippen molar-refractivity contribution in [3.63, 3.8) is 0 Å². The Morgan fingerprint density at radius 3 is 2.49 bits per heavy atom. The average molecular weight is 554 g/mol. The molecule has 1 spiro atoms. The lowest BCUT2D eigenvalue weighted by Gasteiger charge is -2.44. The monoisotopic (exact) mass is 553 g/mol. The lowest BCUT2D eigenvalue weighted by molar-refractivity contribution is -0.132. The molecule has 9 heteroatoms. The fourth-order valence-corrected chi connectivity index (χ4v) is 5.74. The van der Waals surface area contributed by atoms with Gasteiger partial charge in [0.15, 0.2) is 0 Å². The third-order valence-electron chi connectivity index (χ3n) is 7.71. The van der Waals surface area contributed by atoms with Crippen LogP contribution in [0.25, 0.3) is 0 Å². The first kappa shape index (κ1) is 27.1. The Bertz CT molecular complexity index is 1360. The molecule has 0 aliphatic carbocycles. The van der Waals surface area contributed by atoms with Crippen LogP contribution in [0.4, 0.5) is 19.3 Å². The first-order valence-electron chi connectivity index (χ1n) is 13.0. The van der Waals surface area contributed by atoms with Gasteiger partial charge in [-0.15, -0.1) is 0 Å². The standard InChI is InChI=1S/C30H30ClF2N3O3/c1-35(19-21-4-2-3-5-26(21)31)28(37)24(20-6-8-22(32)9-7-20)12-15-36-16-13-30(14-17-36)25-18-23(33)10-11-27(25)34-29(38)39-30/h2-11,18,24H,12-17,19H2,1H3,(H,34,38). The molecule has 1 fully saturated rings. The van der Waals surface area contributed by atoms with Gasteiger partial charge < -0.3 is 14.5 Å². The minimum Gasteiger partial charge on any atom is -0.438 e. The highest BCUT2D eigenvalue weighted by Gasteiger charge is 2.44. The maximum Gasteiger partial charge on any atom is 0.412 e. The van der Waals surface area contributed by atoms with Crippen molar-refractivity contribution >= 4 is 29.3 Å². The fraction of sp³-hybridized carbons (Fsp3) is 0.333. The third-order valence-corrected chi connectivity index (χ3v) is 8.08. The predicted octanol–water partition coefficient (Wildman–Crippen LogP) is 6.30. The summed E-state index contributed by atoms with van der Waals surface area (Å²) in [4.78, 5) is 29.7. The zero-order chi connectivity index (χ0) is 27.6. The number of amides is 2. The minimum absolute atomic E-state index is 0.0771. The van der Waals surface area contributed by atoms with Gasteiger partial charge in [-0.1, -0.05) is 41.9 Å². The molecule has 2 aliphatic heterocycles. The molecule has 0 saturated carbocycles. The summed E-state index contributed by atoms with van der Waals surface area (Å²) in [6.45, 7) is 2.20. The molecule has 204 valence electrons. The lowest BCUT2D eigenvalue weighted by Crippen LogP contribution is -2.48. The highest BCUT2D eigenvalue weighted by molar-refractivity contribution is 6.31. The zero-order valence-corrected chi connectivity index (χ0v) is 22.4. The van der Waals surface area contributed by atoms with E-state index < -0.39 is 17.6 Å². The van der Waals surface area contributed by atoms with Crippen LogP contribution in [0.15, 0.2) is 66.7 Å². The van der Waals surface area contributed by atoms with Crippen LogP contribution in [-0.2, 0) is 21.7 Å². The molecule has 2 amide bonds. The number of piperidine rings is 1. The second-order valence-corrected chi connectivity index (χ2v) is 10.6. The summed E-state index contributed by atoms with van der Waals surface area (Å²) in [5.74, 6) is -1.28. The van der Waals surface area contributed by atoms with E-state index in [-0.39, 0.29) is 17.5 Å². The molecule has 3 aromatic rings. The number of halogens is 3. The van der Waals surface area contributed by atoms with Crippen molar-refractivity contribution < 1.29 is 23.1 Å². The van der Waals surface area contributed by atoms with E-state index in [9.17, 15) is 18.4 Å². The summed E-state index contributed by atoms with van der Waals surface area (Å²) in [5.41, 5.74) is 1.95. The maximum absolute atomic E-state index is 14.1. The van der Waals surface area contributed by atoms with Crippen molar-refractivity contribution in [1.29, 1.82) is 0 Å². The largest absolute Gasteiger partial charge is 0.438 e. The third kappa shape index (κ3) is 5.92. The van der Waals surface area contributed by atoms with Crippen molar-refractivity contribution in [2.45, 2.75) is 37.3 Å². The molecule has 39 heavy (non-hydrogen) atoms. The summed E-state index contributed by atoms with van der Waals surface area (Å²) < 4.78 is 33.5. The SMILES string of the molecule is CN(Cc1ccccc1Cl)C(=O)C(CCN1CCC2(CC1)OC(=O)Nc1ccc(F)cc12)c1ccc(F)cc1. The van der Waals surface area contributed by atoms with E-state index in [0.29, 0.717) is 61.7 Å². The highest BCUT2D eigenvalue weighted by atomic mass is 35.5. The summed E-state index contributed by atoms with van der Waals surface area (Å²) >= 11 is 6.32. The summed E-state index contributed by atoms with van der Waals surface area (Å²) in [6, 6.07) is 17.8. The van der Waals surface area contributed by atoms with E-state index >= 15 is 0 Å². The fourth-order valence-electron chi connectivity index (χ4n) is 5.55. The molecule has 6 nitrogen and oxygen atoms in total. The van der Waals surface area contributed by atoms with E-state index in [2.05, 4.69) is 10.2 Å². The Morgan fingerprint density at radius 1 is 1.08 bits per heavy atom. The molecule has 1 saturated heterocycles. The molecule has 3 aromatic carbocycles. The quantitative estimate of drug-likeness (QED) is 0.373. The molecule has 1 N–H and O–H groups in total. The summed E-state index contributed by atoms with van der Waals surface area (Å²) in [6.07, 6.45) is 1.01. The number of likely N-dealkylation sites (N-methyl/N-ethyl adjacent to an activating group) is 1. The normalized spacial score (nSPS) is 17.2. The topological polar surface area (TPSA) is 61.9 Å². The van der Waals surface area contributed by atoms with Crippen LogP contribution in [0.5, 0.6) is 0 Å². The number of hydrogen-bond acceptors (Lipinski definition) is 4. The number of carbonyl (C=O) groups is 2. The molecule has 5 rings (SSSR count). The van der Waals surface area contributed by atoms with Gasteiger partial charge in [-0.3, -0.25) is 10.1 Å². The summed E-state index contributed by atoms with van der Waals surface area (Å²) in [5, 5.41) is 3.25. The van der Waals surface area contributed by atoms with Gasteiger partial charge >= 0.3 is 6.09 Å². The Balaban J connectivity index is 1.28. The molecule has 0 aromatic heterocycles. The molecular formula is C30H30ClF2N3O3. The smallest absolute Gasteiger partial charge is 0.412 e. The van der Waals surface area contributed by atoms with Crippen LogP contribution < -0.4 is 5.32 Å². The Labute approximate surface area is 231 Å². The Kier molecular flexibility index (Phi) is 7.86. The Hall–Kier alpha value is -3.49. The minimum atomic E-state index is -0.877. The van der Waals surface area contributed by atoms with Gasteiger partial charge in [0.25, 0.3) is 0 Å². The van der Waals surface area contributed by atoms with Crippen LogP contribution >= 0.6 is 11.6 Å². The van der Waals surface area contributed by atoms with Crippen LogP contribution in [0.1, 0.15) is 41.9 Å². The van der Waals surface area contributed by atoms with Crippen molar-refractivity contribution in [1.82, 2.24) is 9.80 Å². The van der Waals surface area contributed by atoms with Gasteiger partial charge in [0.05, 0.1) is 11.6 Å². The average Bonchev–Trinajstić information content (AvgIpc) is 2.92. The van der Waals surface area contributed by atoms with Gasteiger partial charge in [0.1, 0.15) is 17.2 Å². The van der Waals surface area contributed by atoms with Crippen molar-refractivity contribution in [3.05, 3.63) is 100 Å².